The first-order valence-electron chi connectivity index (χ1n) is 7.20. The van der Waals surface area contributed by atoms with Crippen LogP contribution in [0.5, 0.6) is 0 Å². The highest BCUT2D eigenvalue weighted by molar-refractivity contribution is 5.92. The standard InChI is InChI=1S/C15H24N4O/c1-11(16)14-6-4-5-9-19(14)12-7-8-17-13(10-12)15(20)18(2)3/h7-8,10-11,14H,4-6,9,16H2,1-3H3. The normalized spacial score (nSPS) is 20.6. The molecule has 2 N–H and O–H groups in total. The zero-order valence-electron chi connectivity index (χ0n) is 12.5. The van der Waals surface area contributed by atoms with Crippen LogP contribution in [0.15, 0.2) is 18.3 Å². The Morgan fingerprint density at radius 3 is 2.90 bits per heavy atom. The predicted molar refractivity (Wildman–Crippen MR) is 80.9 cm³/mol. The van der Waals surface area contributed by atoms with Crippen LogP contribution in [-0.4, -0.2) is 48.5 Å². The molecule has 1 fully saturated rings. The molecule has 5 nitrogen and oxygen atoms in total. The third kappa shape index (κ3) is 3.10. The van der Waals surface area contributed by atoms with E-state index in [0.29, 0.717) is 11.7 Å². The Bertz CT molecular complexity index is 473. The number of nitrogens with two attached hydrogens (primary N) is 1. The molecule has 0 radical (unpaired) electrons. The van der Waals surface area contributed by atoms with Crippen LogP contribution < -0.4 is 10.6 Å². The number of hydrogen-bond donors (Lipinski definition) is 1. The van der Waals surface area contributed by atoms with Crippen LogP contribution in [0.4, 0.5) is 5.69 Å². The molecule has 0 bridgehead atoms. The van der Waals surface area contributed by atoms with E-state index in [1.165, 1.54) is 12.8 Å². The minimum Gasteiger partial charge on any atom is -0.367 e. The third-order valence-electron chi connectivity index (χ3n) is 3.86. The summed E-state index contributed by atoms with van der Waals surface area (Å²) in [5, 5.41) is 0. The highest BCUT2D eigenvalue weighted by Gasteiger charge is 2.26. The third-order valence-corrected chi connectivity index (χ3v) is 3.86. The molecular weight excluding hydrogens is 252 g/mol. The van der Waals surface area contributed by atoms with Crippen molar-refractivity contribution >= 4 is 11.6 Å². The summed E-state index contributed by atoms with van der Waals surface area (Å²) in [6.07, 6.45) is 5.20. The molecule has 2 atom stereocenters. The van der Waals surface area contributed by atoms with Gasteiger partial charge in [-0.1, -0.05) is 0 Å². The van der Waals surface area contributed by atoms with E-state index in [-0.39, 0.29) is 11.9 Å². The van der Waals surface area contributed by atoms with Crippen molar-refractivity contribution in [3.05, 3.63) is 24.0 Å². The molecule has 2 rings (SSSR count). The van der Waals surface area contributed by atoms with E-state index in [1.807, 2.05) is 12.1 Å². The summed E-state index contributed by atoms with van der Waals surface area (Å²) in [6.45, 7) is 3.04. The van der Waals surface area contributed by atoms with Crippen molar-refractivity contribution in [1.82, 2.24) is 9.88 Å². The molecule has 0 saturated carbocycles. The second-order valence-electron chi connectivity index (χ2n) is 5.71. The van der Waals surface area contributed by atoms with Crippen LogP contribution in [0.3, 0.4) is 0 Å². The number of carbonyl (C=O) groups is 1. The summed E-state index contributed by atoms with van der Waals surface area (Å²) >= 11 is 0. The fraction of sp³-hybridized carbons (Fsp3) is 0.600. The molecular formula is C15H24N4O. The van der Waals surface area contributed by atoms with Gasteiger partial charge in [-0.05, 0) is 38.3 Å². The number of anilines is 1. The lowest BCUT2D eigenvalue weighted by Crippen LogP contribution is -2.49. The lowest BCUT2D eigenvalue weighted by atomic mass is 9.96. The number of hydrogen-bond acceptors (Lipinski definition) is 4. The first-order chi connectivity index (χ1) is 9.50. The molecule has 1 aromatic rings. The van der Waals surface area contributed by atoms with Crippen molar-refractivity contribution in [3.63, 3.8) is 0 Å². The van der Waals surface area contributed by atoms with E-state index in [1.54, 1.807) is 25.2 Å². The van der Waals surface area contributed by atoms with E-state index >= 15 is 0 Å². The van der Waals surface area contributed by atoms with Gasteiger partial charge < -0.3 is 15.5 Å². The second-order valence-corrected chi connectivity index (χ2v) is 5.71. The number of aromatic nitrogens is 1. The second kappa shape index (κ2) is 6.22. The quantitative estimate of drug-likeness (QED) is 0.908. The Morgan fingerprint density at radius 1 is 1.50 bits per heavy atom. The van der Waals surface area contributed by atoms with Crippen LogP contribution in [0.25, 0.3) is 0 Å². The van der Waals surface area contributed by atoms with Crippen molar-refractivity contribution in [1.29, 1.82) is 0 Å². The van der Waals surface area contributed by atoms with Crippen molar-refractivity contribution in [2.75, 3.05) is 25.5 Å². The number of piperidine rings is 1. The monoisotopic (exact) mass is 276 g/mol. The number of carbonyl (C=O) groups excluding carboxylic acids is 1. The van der Waals surface area contributed by atoms with Crippen LogP contribution in [0.2, 0.25) is 0 Å². The number of pyridine rings is 1. The number of rotatable bonds is 3. The predicted octanol–water partition coefficient (Wildman–Crippen LogP) is 1.49. The minimum atomic E-state index is -0.0683. The topological polar surface area (TPSA) is 62.5 Å². The van der Waals surface area contributed by atoms with Crippen LogP contribution in [0.1, 0.15) is 36.7 Å². The van der Waals surface area contributed by atoms with Crippen molar-refractivity contribution < 1.29 is 4.79 Å². The van der Waals surface area contributed by atoms with Crippen LogP contribution >= 0.6 is 0 Å². The Kier molecular flexibility index (Phi) is 4.60. The molecule has 1 amide bonds. The molecule has 5 heteroatoms. The van der Waals surface area contributed by atoms with Crippen LogP contribution in [0, 0.1) is 0 Å². The number of amides is 1. The summed E-state index contributed by atoms with van der Waals surface area (Å²) in [6, 6.07) is 4.31. The maximum absolute atomic E-state index is 12.0. The molecule has 0 aromatic carbocycles. The molecule has 2 heterocycles. The number of nitrogens with zero attached hydrogens (tertiary/aromatic N) is 3. The highest BCUT2D eigenvalue weighted by Crippen LogP contribution is 2.26. The molecule has 20 heavy (non-hydrogen) atoms. The SMILES string of the molecule is CC(N)C1CCCCN1c1ccnc(C(=O)N(C)C)c1. The lowest BCUT2D eigenvalue weighted by molar-refractivity contribution is 0.0822. The summed E-state index contributed by atoms with van der Waals surface area (Å²) in [7, 11) is 3.48. The molecule has 1 aromatic heterocycles. The zero-order valence-corrected chi connectivity index (χ0v) is 12.5. The van der Waals surface area contributed by atoms with E-state index in [2.05, 4.69) is 16.8 Å². The molecule has 110 valence electrons. The van der Waals surface area contributed by atoms with Gasteiger partial charge in [0.15, 0.2) is 0 Å². The van der Waals surface area contributed by atoms with Gasteiger partial charge >= 0.3 is 0 Å². The van der Waals surface area contributed by atoms with Gasteiger partial charge in [0.2, 0.25) is 0 Å². The average molecular weight is 276 g/mol. The van der Waals surface area contributed by atoms with E-state index in [4.69, 9.17) is 5.73 Å². The first-order valence-corrected chi connectivity index (χ1v) is 7.20. The largest absolute Gasteiger partial charge is 0.367 e. The Hall–Kier alpha value is -1.62. The van der Waals surface area contributed by atoms with Crippen molar-refractivity contribution in [2.45, 2.75) is 38.3 Å². The van der Waals surface area contributed by atoms with E-state index in [9.17, 15) is 4.79 Å². The van der Waals surface area contributed by atoms with Gasteiger partial charge in [0.05, 0.1) is 0 Å². The summed E-state index contributed by atoms with van der Waals surface area (Å²) in [5.41, 5.74) is 7.64. The summed E-state index contributed by atoms with van der Waals surface area (Å²) in [5.74, 6) is -0.0683. The molecule has 0 aliphatic carbocycles. The van der Waals surface area contributed by atoms with Gasteiger partial charge in [-0.25, -0.2) is 0 Å². The van der Waals surface area contributed by atoms with Gasteiger partial charge in [0, 0.05) is 44.6 Å². The molecule has 1 saturated heterocycles. The van der Waals surface area contributed by atoms with Crippen LogP contribution in [-0.2, 0) is 0 Å². The van der Waals surface area contributed by atoms with Gasteiger partial charge in [-0.15, -0.1) is 0 Å². The minimum absolute atomic E-state index is 0.0683. The maximum atomic E-state index is 12.0. The molecule has 1 aliphatic heterocycles. The van der Waals surface area contributed by atoms with Gasteiger partial charge in [0.25, 0.3) is 5.91 Å². The Balaban J connectivity index is 2.27. The van der Waals surface area contributed by atoms with Gasteiger partial charge in [0.1, 0.15) is 5.69 Å². The summed E-state index contributed by atoms with van der Waals surface area (Å²) < 4.78 is 0. The Labute approximate surface area is 120 Å². The lowest BCUT2D eigenvalue weighted by Gasteiger charge is -2.39. The Morgan fingerprint density at radius 2 is 2.25 bits per heavy atom. The average Bonchev–Trinajstić information content (AvgIpc) is 2.46. The molecule has 2 unspecified atom stereocenters. The fourth-order valence-electron chi connectivity index (χ4n) is 2.77. The van der Waals surface area contributed by atoms with Gasteiger partial charge in [-0.2, -0.15) is 0 Å². The van der Waals surface area contributed by atoms with E-state index < -0.39 is 0 Å². The molecule has 1 aliphatic rings. The maximum Gasteiger partial charge on any atom is 0.272 e. The smallest absolute Gasteiger partial charge is 0.272 e. The summed E-state index contributed by atoms with van der Waals surface area (Å²) in [4.78, 5) is 20.1. The fourth-order valence-corrected chi connectivity index (χ4v) is 2.77. The highest BCUT2D eigenvalue weighted by atomic mass is 16.2. The van der Waals surface area contributed by atoms with Crippen molar-refractivity contribution in [2.24, 2.45) is 5.73 Å². The molecule has 0 spiro atoms. The first kappa shape index (κ1) is 14.8. The van der Waals surface area contributed by atoms with E-state index in [0.717, 1.165) is 18.7 Å². The van der Waals surface area contributed by atoms with Gasteiger partial charge in [-0.3, -0.25) is 9.78 Å². The zero-order chi connectivity index (χ0) is 14.7. The van der Waals surface area contributed by atoms with Crippen molar-refractivity contribution in [3.8, 4) is 0 Å².